The Morgan fingerprint density at radius 1 is 1.11 bits per heavy atom. The van der Waals surface area contributed by atoms with E-state index in [-0.39, 0.29) is 49.3 Å². The lowest BCUT2D eigenvalue weighted by Gasteiger charge is -2.15. The fourth-order valence-electron chi connectivity index (χ4n) is 2.99. The monoisotopic (exact) mass is 601 g/mol. The maximum atomic E-state index is 14.6. The summed E-state index contributed by atoms with van der Waals surface area (Å²) in [7, 11) is -4.71. The van der Waals surface area contributed by atoms with Crippen molar-refractivity contribution in [2.75, 3.05) is 13.2 Å². The molecule has 4 N–H and O–H groups in total. The number of phosphoric ester groups is 1. The first-order chi connectivity index (χ1) is 17.2. The molecule has 18 heteroatoms. The van der Waals surface area contributed by atoms with Crippen molar-refractivity contribution in [1.82, 2.24) is 19.6 Å². The Morgan fingerprint density at radius 2 is 1.81 bits per heavy atom. The zero-order valence-corrected chi connectivity index (χ0v) is 21.2. The molecular formula is C19H14Cl2F4N5O5PS. The Hall–Kier alpha value is -2.36. The number of rotatable bonds is 8. The summed E-state index contributed by atoms with van der Waals surface area (Å²) >= 11 is 13.2. The summed E-state index contributed by atoms with van der Waals surface area (Å²) in [5.41, 5.74) is 5.10. The van der Waals surface area contributed by atoms with Gasteiger partial charge in [0.1, 0.15) is 17.3 Å². The highest BCUT2D eigenvalue weighted by Crippen LogP contribution is 2.38. The van der Waals surface area contributed by atoms with E-state index in [4.69, 9.17) is 43.5 Å². The van der Waals surface area contributed by atoms with E-state index in [2.05, 4.69) is 19.7 Å². The van der Waals surface area contributed by atoms with Crippen LogP contribution in [0.3, 0.4) is 0 Å². The van der Waals surface area contributed by atoms with Gasteiger partial charge in [-0.1, -0.05) is 34.5 Å². The molecule has 3 heterocycles. The minimum absolute atomic E-state index is 0.0343. The third-order valence-electron chi connectivity index (χ3n) is 4.64. The second-order valence-electron chi connectivity index (χ2n) is 7.46. The fourth-order valence-corrected chi connectivity index (χ4v) is 4.76. The molecule has 0 spiro atoms. The Labute approximate surface area is 218 Å². The fraction of sp³-hybridized carbons (Fsp3) is 0.211. The average Bonchev–Trinajstić information content (AvgIpc) is 3.44. The van der Waals surface area contributed by atoms with Crippen LogP contribution in [0.25, 0.3) is 26.9 Å². The summed E-state index contributed by atoms with van der Waals surface area (Å²) in [6.45, 7) is -0.862. The third-order valence-corrected chi connectivity index (χ3v) is 6.69. The predicted octanol–water partition coefficient (Wildman–Crippen LogP) is 4.80. The van der Waals surface area contributed by atoms with Gasteiger partial charge in [-0.25, -0.2) is 13.9 Å². The van der Waals surface area contributed by atoms with E-state index in [9.17, 15) is 22.1 Å². The number of pyridine rings is 1. The van der Waals surface area contributed by atoms with Gasteiger partial charge in [-0.15, -0.1) is 10.2 Å². The number of phosphoric acid groups is 1. The van der Waals surface area contributed by atoms with Crippen molar-refractivity contribution < 1.29 is 41.2 Å². The first-order valence-corrected chi connectivity index (χ1v) is 13.0. The van der Waals surface area contributed by atoms with E-state index in [1.54, 1.807) is 0 Å². The van der Waals surface area contributed by atoms with Gasteiger partial charge < -0.3 is 24.7 Å². The molecule has 3 aromatic heterocycles. The molecule has 4 rings (SSSR count). The maximum Gasteiger partial charge on any atom is 0.469 e. The zero-order valence-electron chi connectivity index (χ0n) is 18.0. The molecule has 198 valence electrons. The number of benzene rings is 1. The lowest BCUT2D eigenvalue weighted by molar-refractivity contribution is -0.137. The van der Waals surface area contributed by atoms with Crippen LogP contribution in [-0.2, 0) is 15.3 Å². The Kier molecular flexibility index (Phi) is 7.79. The quantitative estimate of drug-likeness (QED) is 0.191. The number of fused-ring (bicyclic) bond motifs is 1. The third kappa shape index (κ3) is 6.56. The first kappa shape index (κ1) is 27.7. The summed E-state index contributed by atoms with van der Waals surface area (Å²) in [5, 5.41) is 8.18. The molecule has 0 aliphatic carbocycles. The Balaban J connectivity index is 1.54. The molecule has 1 aromatic carbocycles. The number of alkyl halides is 3. The predicted molar refractivity (Wildman–Crippen MR) is 126 cm³/mol. The summed E-state index contributed by atoms with van der Waals surface area (Å²) in [6.07, 6.45) is -2.45. The van der Waals surface area contributed by atoms with E-state index >= 15 is 0 Å². The number of halogens is 6. The molecule has 0 aliphatic heterocycles. The number of nitrogens with zero attached hydrogens (tertiary/aromatic N) is 4. The summed E-state index contributed by atoms with van der Waals surface area (Å²) in [4.78, 5) is 21.6. The molecule has 1 atom stereocenters. The van der Waals surface area contributed by atoms with Crippen molar-refractivity contribution in [3.63, 3.8) is 0 Å². The first-order valence-electron chi connectivity index (χ1n) is 9.88. The maximum absolute atomic E-state index is 14.6. The smallest absolute Gasteiger partial charge is 0.469 e. The van der Waals surface area contributed by atoms with Gasteiger partial charge in [0.25, 0.3) is 0 Å². The van der Waals surface area contributed by atoms with Gasteiger partial charge in [0.2, 0.25) is 0 Å². The summed E-state index contributed by atoms with van der Waals surface area (Å²) in [6, 6.07) is 1.99. The highest BCUT2D eigenvalue weighted by Gasteiger charge is 2.32. The minimum atomic E-state index is -4.71. The molecular weight excluding hydrogens is 588 g/mol. The molecule has 0 fully saturated rings. The number of aromatic nitrogens is 4. The van der Waals surface area contributed by atoms with Crippen LogP contribution in [0.1, 0.15) is 5.56 Å². The largest absolute Gasteiger partial charge is 0.489 e. The molecule has 37 heavy (non-hydrogen) atoms. The number of hydrogen-bond donors (Lipinski definition) is 3. The number of ether oxygens (including phenoxy) is 1. The number of hydrogen-bond acceptors (Lipinski definition) is 8. The molecule has 0 aliphatic rings. The lowest BCUT2D eigenvalue weighted by atomic mass is 10.2. The van der Waals surface area contributed by atoms with Gasteiger partial charge in [0.05, 0.1) is 28.3 Å². The van der Waals surface area contributed by atoms with Gasteiger partial charge in [-0.3, -0.25) is 4.52 Å². The van der Waals surface area contributed by atoms with Crippen LogP contribution in [0.4, 0.5) is 17.6 Å². The van der Waals surface area contributed by atoms with Crippen molar-refractivity contribution >= 4 is 48.0 Å². The van der Waals surface area contributed by atoms with Gasteiger partial charge >= 0.3 is 14.0 Å². The second kappa shape index (κ2) is 10.4. The van der Waals surface area contributed by atoms with Crippen LogP contribution in [0, 0.1) is 5.82 Å². The van der Waals surface area contributed by atoms with Crippen molar-refractivity contribution in [2.24, 2.45) is 5.73 Å². The topological polar surface area (TPSA) is 145 Å². The van der Waals surface area contributed by atoms with Gasteiger partial charge in [0, 0.05) is 24.0 Å². The molecule has 0 saturated heterocycles. The molecule has 0 bridgehead atoms. The number of imidazole rings is 1. The SMILES string of the molecule is NC(COc1cc(Cl)c(-c2nnc(-c3cn4cc(C(F)(F)F)cc(Cl)c4n3)s2)cc1F)COP(=O)(O)O. The molecule has 0 radical (unpaired) electrons. The Bertz CT molecular complexity index is 1510. The van der Waals surface area contributed by atoms with Crippen molar-refractivity contribution in [3.8, 4) is 27.0 Å². The van der Waals surface area contributed by atoms with Gasteiger partial charge in [-0.05, 0) is 12.1 Å². The average molecular weight is 602 g/mol. The van der Waals surface area contributed by atoms with E-state index < -0.39 is 38.0 Å². The second-order valence-corrected chi connectivity index (χ2v) is 10.5. The van der Waals surface area contributed by atoms with Crippen molar-refractivity contribution in [1.29, 1.82) is 0 Å². The van der Waals surface area contributed by atoms with Gasteiger partial charge in [-0.2, -0.15) is 13.2 Å². The van der Waals surface area contributed by atoms with Crippen LogP contribution in [0.15, 0.2) is 30.6 Å². The van der Waals surface area contributed by atoms with Crippen LogP contribution in [0.2, 0.25) is 10.0 Å². The van der Waals surface area contributed by atoms with E-state index in [0.717, 1.165) is 40.1 Å². The van der Waals surface area contributed by atoms with Gasteiger partial charge in [0.15, 0.2) is 22.2 Å². The zero-order chi connectivity index (χ0) is 27.1. The highest BCUT2D eigenvalue weighted by atomic mass is 35.5. The standard InChI is InChI=1S/C19H14Cl2F4N5O5PS/c20-11-3-15(34-6-9(26)7-35-36(31,32)33)13(22)2-10(11)17-28-29-18(37-17)14-5-30-4-8(19(23,24)25)1-12(21)16(30)27-14/h1-5,9H,6-7,26H2,(H2,31,32,33). The summed E-state index contributed by atoms with van der Waals surface area (Å²) in [5.74, 6) is -1.11. The Morgan fingerprint density at radius 3 is 2.49 bits per heavy atom. The molecule has 0 saturated carbocycles. The lowest BCUT2D eigenvalue weighted by Crippen LogP contribution is -2.32. The molecule has 0 amide bonds. The normalized spacial score (nSPS) is 13.3. The van der Waals surface area contributed by atoms with Crippen LogP contribution in [0.5, 0.6) is 5.75 Å². The van der Waals surface area contributed by atoms with Crippen LogP contribution in [-0.4, -0.2) is 48.6 Å². The van der Waals surface area contributed by atoms with E-state index in [0.29, 0.717) is 0 Å². The summed E-state index contributed by atoms with van der Waals surface area (Å²) < 4.78 is 75.2. The van der Waals surface area contributed by atoms with Crippen molar-refractivity contribution in [3.05, 3.63) is 52.0 Å². The van der Waals surface area contributed by atoms with Crippen molar-refractivity contribution in [2.45, 2.75) is 12.2 Å². The van der Waals surface area contributed by atoms with Crippen LogP contribution < -0.4 is 10.5 Å². The highest BCUT2D eigenvalue weighted by molar-refractivity contribution is 7.46. The number of nitrogens with two attached hydrogens (primary N) is 1. The molecule has 1 unspecified atom stereocenters. The minimum Gasteiger partial charge on any atom is -0.489 e. The van der Waals surface area contributed by atoms with Crippen LogP contribution >= 0.6 is 42.4 Å². The molecule has 4 aromatic rings. The van der Waals surface area contributed by atoms with E-state index in [1.165, 1.54) is 6.20 Å². The van der Waals surface area contributed by atoms with E-state index in [1.807, 2.05) is 0 Å². The molecule has 10 nitrogen and oxygen atoms in total.